The van der Waals surface area contributed by atoms with Gasteiger partial charge >= 0.3 is 20.7 Å². The lowest BCUT2D eigenvalue weighted by molar-refractivity contribution is -0.153. The Balaban J connectivity index is 3.14. The van der Waals surface area contributed by atoms with Crippen LogP contribution in [0.15, 0.2) is 11.3 Å². The second-order valence-corrected chi connectivity index (χ2v) is 7.53. The van der Waals surface area contributed by atoms with E-state index in [2.05, 4.69) is 0 Å². The standard InChI is InChI=1S/C14H24O7Si/c1-4-19-22(20-5-2,21-6-3)10-7-8-11(13(15)16)12(9-10)14(17)18/h7,11-12H,4-6,8-9H2,1-3H3,(H,15,16)(H,17,18). The van der Waals surface area contributed by atoms with Gasteiger partial charge in [-0.05, 0) is 38.8 Å². The zero-order valence-electron chi connectivity index (χ0n) is 13.2. The number of hydrogen-bond acceptors (Lipinski definition) is 5. The molecule has 0 aromatic carbocycles. The molecule has 2 atom stereocenters. The average Bonchev–Trinajstić information content (AvgIpc) is 2.47. The van der Waals surface area contributed by atoms with E-state index in [0.717, 1.165) is 0 Å². The molecule has 0 aliphatic heterocycles. The molecule has 1 aliphatic carbocycles. The van der Waals surface area contributed by atoms with E-state index in [9.17, 15) is 19.8 Å². The van der Waals surface area contributed by atoms with Gasteiger partial charge in [0.1, 0.15) is 0 Å². The molecular formula is C14H24O7Si. The Morgan fingerprint density at radius 3 is 1.86 bits per heavy atom. The van der Waals surface area contributed by atoms with Crippen molar-refractivity contribution in [3.63, 3.8) is 0 Å². The highest BCUT2D eigenvalue weighted by Crippen LogP contribution is 2.36. The molecule has 126 valence electrons. The van der Waals surface area contributed by atoms with Crippen LogP contribution >= 0.6 is 0 Å². The molecule has 0 saturated carbocycles. The van der Waals surface area contributed by atoms with Crippen molar-refractivity contribution in [3.05, 3.63) is 11.3 Å². The van der Waals surface area contributed by atoms with Crippen molar-refractivity contribution < 1.29 is 33.1 Å². The van der Waals surface area contributed by atoms with Crippen LogP contribution in [0, 0.1) is 11.8 Å². The smallest absolute Gasteiger partial charge is 0.481 e. The summed E-state index contributed by atoms with van der Waals surface area (Å²) in [5.74, 6) is -4.15. The summed E-state index contributed by atoms with van der Waals surface area (Å²) in [6.07, 6.45) is 1.95. The van der Waals surface area contributed by atoms with Crippen molar-refractivity contribution in [1.82, 2.24) is 0 Å². The topological polar surface area (TPSA) is 102 Å². The Hall–Kier alpha value is -1.22. The Kier molecular flexibility index (Phi) is 7.20. The predicted octanol–water partition coefficient (Wildman–Crippen LogP) is 1.70. The minimum absolute atomic E-state index is 0.0819. The number of carboxylic acid groups (broad SMARTS) is 2. The van der Waals surface area contributed by atoms with Gasteiger partial charge in [0.05, 0.1) is 11.8 Å². The van der Waals surface area contributed by atoms with Gasteiger partial charge in [-0.15, -0.1) is 0 Å². The first-order chi connectivity index (χ1) is 10.4. The third-order valence-corrected chi connectivity index (χ3v) is 6.78. The molecule has 22 heavy (non-hydrogen) atoms. The molecule has 0 amide bonds. The monoisotopic (exact) mass is 332 g/mol. The fourth-order valence-corrected chi connectivity index (χ4v) is 5.44. The fourth-order valence-electron chi connectivity index (χ4n) is 2.65. The van der Waals surface area contributed by atoms with Crippen LogP contribution in [-0.2, 0) is 22.9 Å². The molecule has 0 aromatic heterocycles. The van der Waals surface area contributed by atoms with Crippen molar-refractivity contribution in [3.8, 4) is 0 Å². The Morgan fingerprint density at radius 1 is 1.05 bits per heavy atom. The molecule has 0 fully saturated rings. The highest BCUT2D eigenvalue weighted by molar-refractivity contribution is 6.68. The summed E-state index contributed by atoms with van der Waals surface area (Å²) < 4.78 is 17.3. The minimum atomic E-state index is -3.14. The van der Waals surface area contributed by atoms with Gasteiger partial charge in [-0.3, -0.25) is 9.59 Å². The van der Waals surface area contributed by atoms with Crippen molar-refractivity contribution >= 4 is 20.7 Å². The predicted molar refractivity (Wildman–Crippen MR) is 80.2 cm³/mol. The maximum Gasteiger partial charge on any atom is 0.532 e. The van der Waals surface area contributed by atoms with Gasteiger partial charge in [0.2, 0.25) is 0 Å². The van der Waals surface area contributed by atoms with Crippen LogP contribution in [0.1, 0.15) is 33.6 Å². The number of carboxylic acids is 2. The molecule has 2 N–H and O–H groups in total. The van der Waals surface area contributed by atoms with E-state index >= 15 is 0 Å². The molecular weight excluding hydrogens is 308 g/mol. The summed E-state index contributed by atoms with van der Waals surface area (Å²) in [6, 6.07) is 0. The molecule has 0 spiro atoms. The van der Waals surface area contributed by atoms with Crippen LogP contribution in [0.25, 0.3) is 0 Å². The molecule has 1 rings (SSSR count). The van der Waals surface area contributed by atoms with Crippen molar-refractivity contribution in [1.29, 1.82) is 0 Å². The second kappa shape index (κ2) is 8.42. The summed E-state index contributed by atoms with van der Waals surface area (Å²) in [7, 11) is -3.14. The highest BCUT2D eigenvalue weighted by atomic mass is 28.4. The maximum absolute atomic E-state index is 11.4. The summed E-state index contributed by atoms with van der Waals surface area (Å²) in [5, 5.41) is 19.2. The van der Waals surface area contributed by atoms with E-state index in [-0.39, 0.29) is 12.8 Å². The van der Waals surface area contributed by atoms with E-state index in [1.807, 2.05) is 20.8 Å². The third-order valence-electron chi connectivity index (χ3n) is 3.57. The quantitative estimate of drug-likeness (QED) is 0.619. The first-order valence-electron chi connectivity index (χ1n) is 7.48. The Bertz CT molecular complexity index is 418. The number of carbonyl (C=O) groups is 2. The van der Waals surface area contributed by atoms with Crippen molar-refractivity contribution in [2.24, 2.45) is 11.8 Å². The second-order valence-electron chi connectivity index (χ2n) is 4.91. The SMILES string of the molecule is CCO[Si](OCC)(OCC)C1=CCC(C(=O)O)C(C(=O)O)C1. The molecule has 0 saturated heterocycles. The molecule has 7 nitrogen and oxygen atoms in total. The number of aliphatic carboxylic acids is 2. The van der Waals surface area contributed by atoms with Gasteiger partial charge in [0.25, 0.3) is 0 Å². The third kappa shape index (κ3) is 4.16. The van der Waals surface area contributed by atoms with Crippen LogP contribution < -0.4 is 0 Å². The lowest BCUT2D eigenvalue weighted by Crippen LogP contribution is -2.50. The molecule has 0 aromatic rings. The van der Waals surface area contributed by atoms with Gasteiger partial charge in [-0.25, -0.2) is 0 Å². The van der Waals surface area contributed by atoms with Crippen LogP contribution in [0.4, 0.5) is 0 Å². The van der Waals surface area contributed by atoms with E-state index in [0.29, 0.717) is 25.0 Å². The number of allylic oxidation sites excluding steroid dienone is 2. The van der Waals surface area contributed by atoms with E-state index in [1.54, 1.807) is 6.08 Å². The van der Waals surface area contributed by atoms with Crippen molar-refractivity contribution in [2.75, 3.05) is 19.8 Å². The maximum atomic E-state index is 11.4. The van der Waals surface area contributed by atoms with Crippen LogP contribution in [0.2, 0.25) is 0 Å². The van der Waals surface area contributed by atoms with Gasteiger partial charge in [-0.1, -0.05) is 6.08 Å². The fraction of sp³-hybridized carbons (Fsp3) is 0.714. The highest BCUT2D eigenvalue weighted by Gasteiger charge is 2.49. The first kappa shape index (κ1) is 18.8. The zero-order chi connectivity index (χ0) is 16.8. The lowest BCUT2D eigenvalue weighted by atomic mass is 9.83. The normalized spacial score (nSPS) is 22.2. The molecule has 0 bridgehead atoms. The summed E-state index contributed by atoms with van der Waals surface area (Å²) in [5.41, 5.74) is 0. The van der Waals surface area contributed by atoms with E-state index in [1.165, 1.54) is 0 Å². The van der Waals surface area contributed by atoms with Gasteiger partial charge in [0.15, 0.2) is 0 Å². The lowest BCUT2D eigenvalue weighted by Gasteiger charge is -2.35. The largest absolute Gasteiger partial charge is 0.532 e. The van der Waals surface area contributed by atoms with E-state index in [4.69, 9.17) is 13.3 Å². The Morgan fingerprint density at radius 2 is 1.50 bits per heavy atom. The minimum Gasteiger partial charge on any atom is -0.481 e. The van der Waals surface area contributed by atoms with E-state index < -0.39 is 32.6 Å². The molecule has 2 unspecified atom stereocenters. The molecule has 8 heteroatoms. The number of rotatable bonds is 9. The molecule has 0 radical (unpaired) electrons. The summed E-state index contributed by atoms with van der Waals surface area (Å²) >= 11 is 0. The van der Waals surface area contributed by atoms with Gasteiger partial charge in [-0.2, -0.15) is 0 Å². The summed E-state index contributed by atoms with van der Waals surface area (Å²) in [4.78, 5) is 22.6. The van der Waals surface area contributed by atoms with Crippen LogP contribution in [-0.4, -0.2) is 50.8 Å². The Labute approximate surface area is 131 Å². The zero-order valence-corrected chi connectivity index (χ0v) is 14.2. The van der Waals surface area contributed by atoms with Crippen LogP contribution in [0.3, 0.4) is 0 Å². The molecule has 0 heterocycles. The summed E-state index contributed by atoms with van der Waals surface area (Å²) in [6.45, 7) is 6.59. The van der Waals surface area contributed by atoms with Crippen molar-refractivity contribution in [2.45, 2.75) is 33.6 Å². The first-order valence-corrected chi connectivity index (χ1v) is 9.21. The molecule has 1 aliphatic rings. The van der Waals surface area contributed by atoms with Gasteiger partial charge in [0, 0.05) is 19.8 Å². The number of hydrogen-bond donors (Lipinski definition) is 2. The average molecular weight is 332 g/mol. The van der Waals surface area contributed by atoms with Gasteiger partial charge < -0.3 is 23.5 Å². The van der Waals surface area contributed by atoms with Crippen LogP contribution in [0.5, 0.6) is 0 Å².